The predicted octanol–water partition coefficient (Wildman–Crippen LogP) is 0.689. The number of rotatable bonds is 3. The van der Waals surface area contributed by atoms with E-state index in [1.165, 1.54) is 6.92 Å². The third kappa shape index (κ3) is 4.29. The van der Waals surface area contributed by atoms with E-state index < -0.39 is 12.1 Å². The predicted molar refractivity (Wildman–Crippen MR) is 32.5 cm³/mol. The van der Waals surface area contributed by atoms with Crippen LogP contribution >= 0.6 is 0 Å². The van der Waals surface area contributed by atoms with Gasteiger partial charge in [-0.15, -0.1) is 0 Å². The van der Waals surface area contributed by atoms with Crippen LogP contribution in [0.3, 0.4) is 0 Å². The molecule has 0 saturated heterocycles. The fourth-order valence-corrected chi connectivity index (χ4v) is 0.211. The van der Waals surface area contributed by atoms with Crippen LogP contribution in [0.1, 0.15) is 20.8 Å². The molecular weight excluding hydrogens is 136 g/mol. The molecule has 0 aromatic heterocycles. The average Bonchev–Trinajstić information content (AvgIpc) is 1.82. The molecule has 1 atom stereocenters. The first-order valence-electron chi connectivity index (χ1n) is 3.07. The zero-order chi connectivity index (χ0) is 8.15. The smallest absolute Gasteiger partial charge is 0.295 e. The summed E-state index contributed by atoms with van der Waals surface area (Å²) >= 11 is 0. The van der Waals surface area contributed by atoms with Gasteiger partial charge in [0.2, 0.25) is 0 Å². The fraction of sp³-hybridized carbons (Fsp3) is 0.833. The van der Waals surface area contributed by atoms with Gasteiger partial charge in [0.25, 0.3) is 0 Å². The summed E-state index contributed by atoms with van der Waals surface area (Å²) in [5, 5.41) is 10.3. The number of carbonyl (C=O) groups excluding carboxylic acids is 1. The average molecular weight is 147 g/mol. The highest BCUT2D eigenvalue weighted by molar-refractivity contribution is 5.73. The van der Waals surface area contributed by atoms with Crippen LogP contribution in [-0.2, 0) is 19.7 Å². The van der Waals surface area contributed by atoms with Crippen LogP contribution in [0.25, 0.3) is 0 Å². The molecule has 0 N–H and O–H groups in total. The molecule has 4 nitrogen and oxygen atoms in total. The van der Waals surface area contributed by atoms with Crippen LogP contribution in [0.2, 0.25) is 0 Å². The Labute approximate surface area is 59.7 Å². The topological polar surface area (TPSA) is 55.4 Å². The number of carbonyl (C=O) groups is 1. The Balaban J connectivity index is 3.40. The van der Waals surface area contributed by atoms with Gasteiger partial charge in [-0.1, -0.05) is 0 Å². The fourth-order valence-electron chi connectivity index (χ4n) is 0.211. The molecule has 0 spiro atoms. The lowest BCUT2D eigenvalue weighted by atomic mass is 10.4. The first-order chi connectivity index (χ1) is 4.54. The Bertz CT molecular complexity index is 108. The molecule has 59 valence electrons. The summed E-state index contributed by atoms with van der Waals surface area (Å²) in [7, 11) is 0. The van der Waals surface area contributed by atoms with Crippen molar-refractivity contribution in [2.75, 3.05) is 0 Å². The Morgan fingerprint density at radius 3 is 2.10 bits per heavy atom. The summed E-state index contributed by atoms with van der Waals surface area (Å²) < 4.78 is 0. The van der Waals surface area contributed by atoms with E-state index in [1.807, 2.05) is 0 Å². The number of hydrogen-bond acceptors (Lipinski definition) is 3. The lowest BCUT2D eigenvalue weighted by Gasteiger charge is -2.05. The molecule has 0 aromatic carbocycles. The van der Waals surface area contributed by atoms with Gasteiger partial charge in [0.1, 0.15) is 0 Å². The van der Waals surface area contributed by atoms with Gasteiger partial charge in [0.05, 0.1) is 6.10 Å². The molecule has 1 unspecified atom stereocenters. The second-order valence-electron chi connectivity index (χ2n) is 2.19. The van der Waals surface area contributed by atoms with Crippen molar-refractivity contribution in [3.8, 4) is 0 Å². The Morgan fingerprint density at radius 2 is 1.80 bits per heavy atom. The zero-order valence-electron chi connectivity index (χ0n) is 6.29. The van der Waals surface area contributed by atoms with Crippen molar-refractivity contribution in [2.24, 2.45) is 0 Å². The summed E-state index contributed by atoms with van der Waals surface area (Å²) in [6.45, 7) is 4.59. The normalized spacial score (nSPS) is 13.3. The molecule has 0 aliphatic carbocycles. The van der Waals surface area contributed by atoms with Crippen LogP contribution in [0, 0.1) is 0 Å². The van der Waals surface area contributed by atoms with Crippen LogP contribution in [0.15, 0.2) is 0 Å². The highest BCUT2D eigenvalue weighted by atomic mass is 17.2. The maximum atomic E-state index is 10.4. The van der Waals surface area contributed by atoms with E-state index in [9.17, 15) is 9.90 Å². The Hall–Kier alpha value is -0.610. The van der Waals surface area contributed by atoms with Gasteiger partial charge in [0, 0.05) is 0 Å². The first kappa shape index (κ1) is 9.39. The molecule has 0 bridgehead atoms. The monoisotopic (exact) mass is 147 g/mol. The van der Waals surface area contributed by atoms with Crippen LogP contribution in [-0.4, -0.2) is 18.2 Å². The molecule has 0 aliphatic heterocycles. The minimum atomic E-state index is -1.38. The van der Waals surface area contributed by atoms with Gasteiger partial charge >= 0.3 is 5.97 Å². The minimum absolute atomic E-state index is 0.206. The molecular formula is C6H11O4. The van der Waals surface area contributed by atoms with E-state index in [1.54, 1.807) is 13.8 Å². The van der Waals surface area contributed by atoms with Crippen molar-refractivity contribution in [1.82, 2.24) is 0 Å². The van der Waals surface area contributed by atoms with Gasteiger partial charge in [-0.3, -0.25) is 4.89 Å². The molecule has 0 heterocycles. The lowest BCUT2D eigenvalue weighted by molar-refractivity contribution is -0.297. The summed E-state index contributed by atoms with van der Waals surface area (Å²) in [6.07, 6.45) is -1.58. The Kier molecular flexibility index (Phi) is 3.99. The summed E-state index contributed by atoms with van der Waals surface area (Å²) in [5.74, 6) is -0.881. The van der Waals surface area contributed by atoms with Crippen molar-refractivity contribution < 1.29 is 19.7 Å². The highest BCUT2D eigenvalue weighted by Crippen LogP contribution is 1.93. The van der Waals surface area contributed by atoms with E-state index in [2.05, 4.69) is 9.78 Å². The summed E-state index contributed by atoms with van der Waals surface area (Å²) in [4.78, 5) is 18.9. The molecule has 0 saturated carbocycles. The Morgan fingerprint density at radius 1 is 1.30 bits per heavy atom. The molecule has 0 aliphatic rings. The zero-order valence-corrected chi connectivity index (χ0v) is 6.29. The highest BCUT2D eigenvalue weighted by Gasteiger charge is 2.13. The van der Waals surface area contributed by atoms with Crippen molar-refractivity contribution >= 4 is 5.97 Å². The molecule has 4 heteroatoms. The van der Waals surface area contributed by atoms with Crippen molar-refractivity contribution in [2.45, 2.75) is 33.0 Å². The first-order valence-corrected chi connectivity index (χ1v) is 3.07. The standard InChI is InChI=1S/C6H11O4/c1-4(2)9-10-6(8)5(3)7/h4-5H,1-3H3. The van der Waals surface area contributed by atoms with Crippen LogP contribution < -0.4 is 0 Å². The van der Waals surface area contributed by atoms with E-state index in [0.29, 0.717) is 0 Å². The van der Waals surface area contributed by atoms with Gasteiger partial charge in [0.15, 0.2) is 6.10 Å². The minimum Gasteiger partial charge on any atom is -0.295 e. The molecule has 0 rings (SSSR count). The quantitative estimate of drug-likeness (QED) is 0.436. The van der Waals surface area contributed by atoms with E-state index in [-0.39, 0.29) is 6.10 Å². The SMILES string of the molecule is CC(C)OOC(=O)C(C)[O]. The summed E-state index contributed by atoms with van der Waals surface area (Å²) in [5.41, 5.74) is 0. The molecule has 0 fully saturated rings. The summed E-state index contributed by atoms with van der Waals surface area (Å²) in [6, 6.07) is 0. The number of hydrogen-bond donors (Lipinski definition) is 0. The third-order valence-corrected chi connectivity index (χ3v) is 0.655. The second kappa shape index (κ2) is 4.24. The molecule has 10 heavy (non-hydrogen) atoms. The molecule has 0 aromatic rings. The van der Waals surface area contributed by atoms with Crippen molar-refractivity contribution in [3.63, 3.8) is 0 Å². The van der Waals surface area contributed by atoms with E-state index in [4.69, 9.17) is 0 Å². The van der Waals surface area contributed by atoms with Gasteiger partial charge in [-0.05, 0) is 20.8 Å². The van der Waals surface area contributed by atoms with Crippen molar-refractivity contribution in [3.05, 3.63) is 0 Å². The maximum absolute atomic E-state index is 10.4. The van der Waals surface area contributed by atoms with Gasteiger partial charge in [-0.25, -0.2) is 9.90 Å². The van der Waals surface area contributed by atoms with Crippen LogP contribution in [0.5, 0.6) is 0 Å². The second-order valence-corrected chi connectivity index (χ2v) is 2.19. The largest absolute Gasteiger partial charge is 0.373 e. The van der Waals surface area contributed by atoms with Crippen LogP contribution in [0.4, 0.5) is 0 Å². The third-order valence-electron chi connectivity index (χ3n) is 0.655. The van der Waals surface area contributed by atoms with Crippen molar-refractivity contribution in [1.29, 1.82) is 0 Å². The maximum Gasteiger partial charge on any atom is 0.373 e. The van der Waals surface area contributed by atoms with E-state index >= 15 is 0 Å². The molecule has 0 amide bonds. The van der Waals surface area contributed by atoms with Gasteiger partial charge < -0.3 is 0 Å². The van der Waals surface area contributed by atoms with E-state index in [0.717, 1.165) is 0 Å². The molecule has 1 radical (unpaired) electrons. The lowest BCUT2D eigenvalue weighted by Crippen LogP contribution is -2.20. The van der Waals surface area contributed by atoms with Gasteiger partial charge in [-0.2, -0.15) is 4.89 Å².